The number of halogens is 2. The summed E-state index contributed by atoms with van der Waals surface area (Å²) in [5.41, 5.74) is 1.10. The highest BCUT2D eigenvalue weighted by Crippen LogP contribution is 2.22. The topological polar surface area (TPSA) is 21.3 Å². The maximum atomic E-state index is 12.0. The van der Waals surface area contributed by atoms with Crippen molar-refractivity contribution in [3.63, 3.8) is 0 Å². The molecule has 2 nitrogen and oxygen atoms in total. The fourth-order valence-corrected chi connectivity index (χ4v) is 1.77. The van der Waals surface area contributed by atoms with Gasteiger partial charge in [-0.2, -0.15) is 8.78 Å². The van der Waals surface area contributed by atoms with E-state index in [2.05, 4.69) is 17.0 Å². The van der Waals surface area contributed by atoms with Crippen LogP contribution in [-0.2, 0) is 0 Å². The third-order valence-electron chi connectivity index (χ3n) is 2.70. The molecule has 1 aromatic rings. The average molecular weight is 243 g/mol. The third kappa shape index (κ3) is 4.69. The fourth-order valence-electron chi connectivity index (χ4n) is 1.77. The Morgan fingerprint density at radius 2 is 1.88 bits per heavy atom. The minimum absolute atomic E-state index is 0.203. The summed E-state index contributed by atoms with van der Waals surface area (Å²) in [4.78, 5) is 0. The third-order valence-corrected chi connectivity index (χ3v) is 2.70. The van der Waals surface area contributed by atoms with Gasteiger partial charge in [0.05, 0.1) is 0 Å². The van der Waals surface area contributed by atoms with Crippen molar-refractivity contribution in [3.05, 3.63) is 29.8 Å². The molecule has 1 aromatic carbocycles. The lowest BCUT2D eigenvalue weighted by Gasteiger charge is -2.16. The molecule has 0 aliphatic heterocycles. The van der Waals surface area contributed by atoms with Gasteiger partial charge in [0.1, 0.15) is 5.75 Å². The molecule has 0 aromatic heterocycles. The highest BCUT2D eigenvalue weighted by atomic mass is 19.3. The smallest absolute Gasteiger partial charge is 0.387 e. The Hall–Kier alpha value is -1.16. The van der Waals surface area contributed by atoms with Crippen molar-refractivity contribution >= 4 is 0 Å². The normalized spacial score (nSPS) is 12.8. The zero-order valence-electron chi connectivity index (χ0n) is 10.2. The van der Waals surface area contributed by atoms with Crippen molar-refractivity contribution in [2.75, 3.05) is 7.05 Å². The number of nitrogens with one attached hydrogen (secondary N) is 1. The van der Waals surface area contributed by atoms with Gasteiger partial charge in [0.2, 0.25) is 0 Å². The summed E-state index contributed by atoms with van der Waals surface area (Å²) >= 11 is 0. The Morgan fingerprint density at radius 1 is 1.24 bits per heavy atom. The monoisotopic (exact) mass is 243 g/mol. The number of benzene rings is 1. The van der Waals surface area contributed by atoms with Crippen molar-refractivity contribution in [1.29, 1.82) is 0 Å². The second kappa shape index (κ2) is 7.22. The minimum Gasteiger partial charge on any atom is -0.435 e. The molecule has 4 heteroatoms. The summed E-state index contributed by atoms with van der Waals surface area (Å²) in [7, 11) is 1.91. The molecular formula is C13H19F2NO. The first-order valence-corrected chi connectivity index (χ1v) is 5.89. The van der Waals surface area contributed by atoms with Gasteiger partial charge < -0.3 is 10.1 Å². The van der Waals surface area contributed by atoms with Gasteiger partial charge in [-0.1, -0.05) is 31.9 Å². The van der Waals surface area contributed by atoms with Crippen molar-refractivity contribution in [1.82, 2.24) is 5.32 Å². The van der Waals surface area contributed by atoms with Crippen LogP contribution in [0.15, 0.2) is 24.3 Å². The van der Waals surface area contributed by atoms with Gasteiger partial charge in [-0.25, -0.2) is 0 Å². The van der Waals surface area contributed by atoms with Crippen molar-refractivity contribution in [2.24, 2.45) is 0 Å². The molecule has 0 amide bonds. The molecule has 0 saturated heterocycles. The van der Waals surface area contributed by atoms with E-state index in [0.29, 0.717) is 0 Å². The molecule has 0 spiro atoms. The van der Waals surface area contributed by atoms with Gasteiger partial charge in [0.25, 0.3) is 0 Å². The second-order valence-electron chi connectivity index (χ2n) is 3.93. The Bertz CT molecular complexity index is 314. The zero-order valence-corrected chi connectivity index (χ0v) is 10.2. The molecule has 0 bridgehead atoms. The summed E-state index contributed by atoms with van der Waals surface area (Å²) in [6, 6.07) is 7.09. The van der Waals surface area contributed by atoms with Gasteiger partial charge in [0.15, 0.2) is 0 Å². The molecule has 1 N–H and O–H groups in total. The van der Waals surface area contributed by atoms with Gasteiger partial charge in [-0.15, -0.1) is 0 Å². The first-order valence-electron chi connectivity index (χ1n) is 5.89. The predicted molar refractivity (Wildman–Crippen MR) is 64.4 cm³/mol. The van der Waals surface area contributed by atoms with E-state index in [0.717, 1.165) is 24.8 Å². The predicted octanol–water partition coefficient (Wildman–Crippen LogP) is 3.74. The number of unbranched alkanes of at least 4 members (excludes halogenated alkanes) is 1. The van der Waals surface area contributed by atoms with E-state index in [-0.39, 0.29) is 11.8 Å². The van der Waals surface area contributed by atoms with Crippen LogP contribution in [0.25, 0.3) is 0 Å². The highest BCUT2D eigenvalue weighted by molar-refractivity contribution is 5.29. The molecule has 1 atom stereocenters. The Balaban J connectivity index is 2.64. The van der Waals surface area contributed by atoms with E-state index in [4.69, 9.17) is 0 Å². The molecule has 1 rings (SSSR count). The maximum absolute atomic E-state index is 12.0. The summed E-state index contributed by atoms with van der Waals surface area (Å²) in [5, 5.41) is 3.22. The lowest BCUT2D eigenvalue weighted by atomic mass is 10.0. The summed E-state index contributed by atoms with van der Waals surface area (Å²) in [5.74, 6) is 0.203. The molecule has 0 aliphatic carbocycles. The minimum atomic E-state index is -2.76. The average Bonchev–Trinajstić information content (AvgIpc) is 2.31. The van der Waals surface area contributed by atoms with E-state index in [1.165, 1.54) is 0 Å². The largest absolute Gasteiger partial charge is 0.435 e. The SMILES string of the molecule is CCCCC(NC)c1ccc(OC(F)F)cc1. The van der Waals surface area contributed by atoms with Gasteiger partial charge in [0, 0.05) is 6.04 Å². The van der Waals surface area contributed by atoms with Crippen LogP contribution in [0.3, 0.4) is 0 Å². The molecule has 0 saturated carbocycles. The number of hydrogen-bond donors (Lipinski definition) is 1. The molecule has 0 fully saturated rings. The van der Waals surface area contributed by atoms with E-state index in [1.807, 2.05) is 19.2 Å². The van der Waals surface area contributed by atoms with Gasteiger partial charge >= 0.3 is 6.61 Å². The van der Waals surface area contributed by atoms with Crippen molar-refractivity contribution < 1.29 is 13.5 Å². The molecule has 17 heavy (non-hydrogen) atoms. The second-order valence-corrected chi connectivity index (χ2v) is 3.93. The van der Waals surface area contributed by atoms with E-state index in [9.17, 15) is 8.78 Å². The van der Waals surface area contributed by atoms with Crippen molar-refractivity contribution in [2.45, 2.75) is 38.8 Å². The Labute approximate surface area is 101 Å². The first-order chi connectivity index (χ1) is 8.17. The van der Waals surface area contributed by atoms with E-state index >= 15 is 0 Å². The number of hydrogen-bond acceptors (Lipinski definition) is 2. The summed E-state index contributed by atoms with van der Waals surface area (Å²) in [6.45, 7) is -0.618. The van der Waals surface area contributed by atoms with E-state index < -0.39 is 6.61 Å². The Kier molecular flexibility index (Phi) is 5.91. The lowest BCUT2D eigenvalue weighted by Crippen LogP contribution is -2.16. The van der Waals surface area contributed by atoms with Gasteiger partial charge in [-0.05, 0) is 31.2 Å². The molecule has 0 aliphatic rings. The van der Waals surface area contributed by atoms with Crippen LogP contribution in [0.1, 0.15) is 37.8 Å². The molecule has 1 unspecified atom stereocenters. The molecular weight excluding hydrogens is 224 g/mol. The van der Waals surface area contributed by atoms with Crippen LogP contribution in [0, 0.1) is 0 Å². The number of ether oxygens (including phenoxy) is 1. The Morgan fingerprint density at radius 3 is 2.35 bits per heavy atom. The fraction of sp³-hybridized carbons (Fsp3) is 0.538. The molecule has 96 valence electrons. The molecule has 0 heterocycles. The van der Waals surface area contributed by atoms with Crippen LogP contribution in [0.4, 0.5) is 8.78 Å². The first kappa shape index (κ1) is 13.9. The lowest BCUT2D eigenvalue weighted by molar-refractivity contribution is -0.0498. The van der Waals surface area contributed by atoms with E-state index in [1.54, 1.807) is 12.1 Å². The van der Waals surface area contributed by atoms with Crippen molar-refractivity contribution in [3.8, 4) is 5.75 Å². The maximum Gasteiger partial charge on any atom is 0.387 e. The zero-order chi connectivity index (χ0) is 12.7. The summed E-state index contributed by atoms with van der Waals surface area (Å²) in [6.07, 6.45) is 3.33. The highest BCUT2D eigenvalue weighted by Gasteiger charge is 2.09. The van der Waals surface area contributed by atoms with Gasteiger partial charge in [-0.3, -0.25) is 0 Å². The van der Waals surface area contributed by atoms with Crippen LogP contribution < -0.4 is 10.1 Å². The van der Waals surface area contributed by atoms with Crippen LogP contribution in [-0.4, -0.2) is 13.7 Å². The van der Waals surface area contributed by atoms with Crippen LogP contribution in [0.5, 0.6) is 5.75 Å². The number of rotatable bonds is 7. The van der Waals surface area contributed by atoms with Crippen LogP contribution >= 0.6 is 0 Å². The van der Waals surface area contributed by atoms with Crippen LogP contribution in [0.2, 0.25) is 0 Å². The summed E-state index contributed by atoms with van der Waals surface area (Å²) < 4.78 is 28.3. The quantitative estimate of drug-likeness (QED) is 0.787. The molecule has 0 radical (unpaired) electrons. The number of alkyl halides is 2. The standard InChI is InChI=1S/C13H19F2NO/c1-3-4-5-12(16-2)10-6-8-11(9-7-10)17-13(14)15/h6-9,12-13,16H,3-5H2,1-2H3.